The number of carbonyl (C=O) groups excluding carboxylic acids is 2. The number of hydrogen-bond donors (Lipinski definition) is 0. The van der Waals surface area contributed by atoms with Crippen LogP contribution in [0.25, 0.3) is 28.2 Å². The molecule has 1 aliphatic heterocycles. The lowest BCUT2D eigenvalue weighted by molar-refractivity contribution is -0.157. The Morgan fingerprint density at radius 2 is 1.55 bits per heavy atom. The number of fused-ring (bicyclic) bond motifs is 1. The molecule has 0 atom stereocenters. The van der Waals surface area contributed by atoms with Crippen LogP contribution in [0.15, 0.2) is 58.1 Å². The van der Waals surface area contributed by atoms with Crippen molar-refractivity contribution in [3.8, 4) is 17.1 Å². The zero-order valence-electron chi connectivity index (χ0n) is 27.4. The monoisotopic (exact) mass is 683 g/mol. The van der Waals surface area contributed by atoms with Crippen LogP contribution in [0.2, 0.25) is 10.0 Å². The highest BCUT2D eigenvalue weighted by molar-refractivity contribution is 6.33. The minimum absolute atomic E-state index is 0.0258. The zero-order valence-corrected chi connectivity index (χ0v) is 28.9. The van der Waals surface area contributed by atoms with Gasteiger partial charge in [0, 0.05) is 35.9 Å². The number of nitrogens with zero attached hydrogens (tertiary/aromatic N) is 5. The summed E-state index contributed by atoms with van der Waals surface area (Å²) in [4.78, 5) is 60.3. The molecule has 0 saturated carbocycles. The third kappa shape index (κ3) is 7.41. The van der Waals surface area contributed by atoms with Gasteiger partial charge >= 0.3 is 17.8 Å². The van der Waals surface area contributed by atoms with E-state index in [-0.39, 0.29) is 29.7 Å². The van der Waals surface area contributed by atoms with Gasteiger partial charge in [-0.2, -0.15) is 0 Å². The Morgan fingerprint density at radius 3 is 2.15 bits per heavy atom. The van der Waals surface area contributed by atoms with Crippen LogP contribution in [-0.4, -0.2) is 54.3 Å². The Labute approximate surface area is 282 Å². The van der Waals surface area contributed by atoms with E-state index in [4.69, 9.17) is 37.7 Å². The molecule has 1 saturated heterocycles. The highest BCUT2D eigenvalue weighted by Gasteiger charge is 2.30. The van der Waals surface area contributed by atoms with Crippen LogP contribution in [0.4, 0.5) is 4.79 Å². The summed E-state index contributed by atoms with van der Waals surface area (Å²) in [5.74, 6) is -0.239. The second-order valence-electron chi connectivity index (χ2n) is 13.7. The molecule has 13 heteroatoms. The van der Waals surface area contributed by atoms with Gasteiger partial charge in [0.25, 0.3) is 5.56 Å². The molecule has 3 heterocycles. The minimum atomic E-state index is -0.850. The zero-order chi connectivity index (χ0) is 34.3. The minimum Gasteiger partial charge on any atom is -0.444 e. The maximum absolute atomic E-state index is 14.3. The predicted octanol–water partition coefficient (Wildman–Crippen LogP) is 6.52. The van der Waals surface area contributed by atoms with Gasteiger partial charge in [-0.05, 0) is 96.7 Å². The van der Waals surface area contributed by atoms with E-state index in [1.54, 1.807) is 72.7 Å². The highest BCUT2D eigenvalue weighted by Crippen LogP contribution is 2.32. The lowest BCUT2D eigenvalue weighted by atomic mass is 9.97. The second kappa shape index (κ2) is 13.2. The Morgan fingerprint density at radius 1 is 0.915 bits per heavy atom. The number of imidazole rings is 1. The van der Waals surface area contributed by atoms with Crippen LogP contribution in [0.3, 0.4) is 0 Å². The first-order chi connectivity index (χ1) is 22.0. The van der Waals surface area contributed by atoms with Gasteiger partial charge in [-0.1, -0.05) is 35.3 Å². The smallest absolute Gasteiger partial charge is 0.410 e. The van der Waals surface area contributed by atoms with Gasteiger partial charge in [-0.15, -0.1) is 0 Å². The van der Waals surface area contributed by atoms with Crippen LogP contribution >= 0.6 is 23.2 Å². The van der Waals surface area contributed by atoms with Crippen molar-refractivity contribution in [3.05, 3.63) is 79.4 Å². The topological polar surface area (TPSA) is 118 Å². The number of piperidine rings is 1. The normalized spacial score (nSPS) is 14.4. The van der Waals surface area contributed by atoms with Crippen molar-refractivity contribution in [1.82, 2.24) is 23.6 Å². The van der Waals surface area contributed by atoms with Crippen LogP contribution in [0.5, 0.6) is 0 Å². The van der Waals surface area contributed by atoms with Crippen molar-refractivity contribution >= 4 is 46.4 Å². The summed E-state index contributed by atoms with van der Waals surface area (Å²) in [6, 6.07) is 14.0. The lowest BCUT2D eigenvalue weighted by Gasteiger charge is -2.33. The summed E-state index contributed by atoms with van der Waals surface area (Å²) in [6.07, 6.45) is 0.817. The number of benzene rings is 2. The van der Waals surface area contributed by atoms with Crippen LogP contribution < -0.4 is 11.2 Å². The number of carbonyl (C=O) groups is 2. The summed E-state index contributed by atoms with van der Waals surface area (Å²) >= 11 is 12.9. The molecule has 5 rings (SSSR count). The first-order valence-corrected chi connectivity index (χ1v) is 16.2. The van der Waals surface area contributed by atoms with Crippen molar-refractivity contribution in [2.45, 2.75) is 73.3 Å². The van der Waals surface area contributed by atoms with E-state index >= 15 is 0 Å². The third-order valence-electron chi connectivity index (χ3n) is 7.87. The molecular weight excluding hydrogens is 645 g/mol. The maximum atomic E-state index is 14.3. The molecule has 0 radical (unpaired) electrons. The molecule has 47 heavy (non-hydrogen) atoms. The number of aromatic nitrogens is 4. The molecular formula is C34H39Cl2N5O6. The van der Waals surface area contributed by atoms with E-state index in [1.165, 1.54) is 4.57 Å². The van der Waals surface area contributed by atoms with Crippen LogP contribution in [-0.2, 0) is 27.5 Å². The van der Waals surface area contributed by atoms with E-state index in [1.807, 2.05) is 26.8 Å². The van der Waals surface area contributed by atoms with Gasteiger partial charge in [-0.25, -0.2) is 19.1 Å². The van der Waals surface area contributed by atoms with E-state index in [0.717, 1.165) is 4.57 Å². The summed E-state index contributed by atoms with van der Waals surface area (Å²) in [6.45, 7) is 11.1. The van der Waals surface area contributed by atoms with E-state index < -0.39 is 35.0 Å². The summed E-state index contributed by atoms with van der Waals surface area (Å²) in [7, 11) is 0. The van der Waals surface area contributed by atoms with Crippen LogP contribution in [0, 0.1) is 11.3 Å². The Balaban J connectivity index is 1.66. The molecule has 1 fully saturated rings. The van der Waals surface area contributed by atoms with Crippen molar-refractivity contribution in [3.63, 3.8) is 0 Å². The number of rotatable bonds is 6. The number of ether oxygens (including phenoxy) is 2. The number of halogens is 2. The molecule has 0 bridgehead atoms. The molecule has 0 N–H and O–H groups in total. The highest BCUT2D eigenvalue weighted by atomic mass is 35.5. The average Bonchev–Trinajstić information content (AvgIpc) is 3.39. The molecule has 250 valence electrons. The van der Waals surface area contributed by atoms with Crippen LogP contribution in [0.1, 0.15) is 54.4 Å². The first kappa shape index (κ1) is 34.3. The quantitative estimate of drug-likeness (QED) is 0.213. The van der Waals surface area contributed by atoms with Gasteiger partial charge in [0.1, 0.15) is 11.4 Å². The number of esters is 1. The molecule has 1 amide bonds. The van der Waals surface area contributed by atoms with E-state index in [0.29, 0.717) is 53.1 Å². The van der Waals surface area contributed by atoms with Crippen molar-refractivity contribution in [2.75, 3.05) is 13.1 Å². The molecule has 0 aliphatic carbocycles. The molecule has 2 aromatic heterocycles. The second-order valence-corrected chi connectivity index (χ2v) is 14.6. The van der Waals surface area contributed by atoms with Gasteiger partial charge in [0.2, 0.25) is 0 Å². The molecule has 4 aromatic rings. The van der Waals surface area contributed by atoms with Gasteiger partial charge in [-0.3, -0.25) is 18.7 Å². The summed E-state index contributed by atoms with van der Waals surface area (Å²) < 4.78 is 15.1. The summed E-state index contributed by atoms with van der Waals surface area (Å²) in [5.41, 5.74) is -1.41. The average molecular weight is 685 g/mol. The standard InChI is InChI=1S/C34H39Cl2N5O6/c1-33(2,3)30(43)46-20-40-29(42)26-28(39(31(40)44)19-21-15-17-38(18-16-21)32(45)47-34(4,5)6)37-27(24-9-7-8-10-25(24)36)41(26)23-13-11-22(35)12-14-23/h7-14,21H,15-20H2,1-6H3. The maximum Gasteiger partial charge on any atom is 0.410 e. The molecule has 2 aromatic carbocycles. The van der Waals surface area contributed by atoms with Crippen molar-refractivity contribution in [2.24, 2.45) is 11.3 Å². The molecule has 1 aliphatic rings. The number of likely N-dealkylation sites (tertiary alicyclic amines) is 1. The first-order valence-electron chi connectivity index (χ1n) is 15.5. The van der Waals surface area contributed by atoms with Gasteiger partial charge in [0.05, 0.1) is 10.4 Å². The fourth-order valence-electron chi connectivity index (χ4n) is 5.41. The van der Waals surface area contributed by atoms with Crippen molar-refractivity contribution in [1.29, 1.82) is 0 Å². The SMILES string of the molecule is CC(C)(C)OC(=O)N1CCC(Cn2c(=O)n(COC(=O)C(C)(C)C)c(=O)c3c2nc(-c2ccccc2Cl)n3-c2ccc(Cl)cc2)CC1. The van der Waals surface area contributed by atoms with Gasteiger partial charge < -0.3 is 14.4 Å². The number of amides is 1. The number of hydrogen-bond acceptors (Lipinski definition) is 7. The predicted molar refractivity (Wildman–Crippen MR) is 181 cm³/mol. The molecule has 11 nitrogen and oxygen atoms in total. The van der Waals surface area contributed by atoms with E-state index in [2.05, 4.69) is 0 Å². The molecule has 0 spiro atoms. The fourth-order valence-corrected chi connectivity index (χ4v) is 5.75. The largest absolute Gasteiger partial charge is 0.444 e. The Hall–Kier alpha value is -4.09. The Kier molecular flexibility index (Phi) is 9.62. The Bertz CT molecular complexity index is 1920. The van der Waals surface area contributed by atoms with Gasteiger partial charge in [0.15, 0.2) is 17.9 Å². The van der Waals surface area contributed by atoms with E-state index in [9.17, 15) is 19.2 Å². The fraction of sp³-hybridized carbons (Fsp3) is 0.441. The lowest BCUT2D eigenvalue weighted by Crippen LogP contribution is -2.45. The summed E-state index contributed by atoms with van der Waals surface area (Å²) in [5, 5.41) is 0.902. The molecule has 0 unspecified atom stereocenters. The van der Waals surface area contributed by atoms with Crippen molar-refractivity contribution < 1.29 is 19.1 Å². The third-order valence-corrected chi connectivity index (χ3v) is 8.45.